The van der Waals surface area contributed by atoms with Crippen LogP contribution in [-0.2, 0) is 4.74 Å². The van der Waals surface area contributed by atoms with E-state index in [1.54, 1.807) is 6.92 Å². The fraction of sp³-hybridized carbons (Fsp3) is 0.727. The summed E-state index contributed by atoms with van der Waals surface area (Å²) in [6.07, 6.45) is 2.30. The van der Waals surface area contributed by atoms with E-state index >= 15 is 0 Å². The average Bonchev–Trinajstić information content (AvgIpc) is 2.94. The number of ether oxygens (including phenoxy) is 1. The molecule has 1 aliphatic rings. The summed E-state index contributed by atoms with van der Waals surface area (Å²) in [5, 5.41) is 3.81. The lowest BCUT2D eigenvalue weighted by molar-refractivity contribution is 0.0406. The molecule has 1 fully saturated rings. The lowest BCUT2D eigenvalue weighted by atomic mass is 10.2. The van der Waals surface area contributed by atoms with Crippen molar-refractivity contribution in [1.82, 2.24) is 14.5 Å². The molecule has 2 heterocycles. The number of hydrogen-bond acceptors (Lipinski definition) is 6. The van der Waals surface area contributed by atoms with Crippen molar-refractivity contribution in [3.05, 3.63) is 10.6 Å². The van der Waals surface area contributed by atoms with E-state index in [-0.39, 0.29) is 5.97 Å². The molecule has 1 aromatic heterocycles. The molecule has 17 heavy (non-hydrogen) atoms. The molecule has 6 heteroatoms. The Morgan fingerprint density at radius 3 is 3.12 bits per heavy atom. The highest BCUT2D eigenvalue weighted by atomic mass is 32.1. The summed E-state index contributed by atoms with van der Waals surface area (Å²) in [5.74, 6) is -0.291. The van der Waals surface area contributed by atoms with Crippen molar-refractivity contribution in [2.75, 3.05) is 19.7 Å². The average molecular weight is 255 g/mol. The zero-order valence-corrected chi connectivity index (χ0v) is 11.0. The number of likely N-dealkylation sites (tertiary alicyclic amines) is 1. The van der Waals surface area contributed by atoms with E-state index in [1.165, 1.54) is 6.42 Å². The molecule has 1 atom stereocenters. The summed E-state index contributed by atoms with van der Waals surface area (Å²) in [6.45, 7) is 6.51. The van der Waals surface area contributed by atoms with Gasteiger partial charge in [0.25, 0.3) is 0 Å². The maximum Gasteiger partial charge on any atom is 0.351 e. The molecular formula is C11H17N3O2S. The normalized spacial score (nSPS) is 20.7. The van der Waals surface area contributed by atoms with Crippen molar-refractivity contribution in [3.8, 4) is 0 Å². The summed E-state index contributed by atoms with van der Waals surface area (Å²) in [7, 11) is 0. The van der Waals surface area contributed by atoms with Crippen LogP contribution in [0.5, 0.6) is 0 Å². The lowest BCUT2D eigenvalue weighted by Crippen LogP contribution is -2.33. The van der Waals surface area contributed by atoms with E-state index in [4.69, 9.17) is 4.74 Å². The second kappa shape index (κ2) is 5.55. The number of carbonyl (C=O) groups excluding carboxylic acids is 1. The molecule has 2 rings (SSSR count). The van der Waals surface area contributed by atoms with Gasteiger partial charge < -0.3 is 4.74 Å². The van der Waals surface area contributed by atoms with E-state index in [2.05, 4.69) is 21.4 Å². The molecule has 0 bridgehead atoms. The second-order valence-corrected chi connectivity index (χ2v) is 4.96. The van der Waals surface area contributed by atoms with Crippen LogP contribution in [0.4, 0.5) is 0 Å². The van der Waals surface area contributed by atoms with Gasteiger partial charge in [-0.25, -0.2) is 4.79 Å². The van der Waals surface area contributed by atoms with Crippen LogP contribution in [-0.4, -0.2) is 46.2 Å². The summed E-state index contributed by atoms with van der Waals surface area (Å²) in [6, 6.07) is 0.380. The Morgan fingerprint density at radius 2 is 2.47 bits per heavy atom. The monoisotopic (exact) mass is 255 g/mol. The Kier molecular flexibility index (Phi) is 4.06. The summed E-state index contributed by atoms with van der Waals surface area (Å²) in [4.78, 5) is 14.6. The summed E-state index contributed by atoms with van der Waals surface area (Å²) in [5.41, 5.74) is 0.652. The zero-order valence-electron chi connectivity index (χ0n) is 10.2. The van der Waals surface area contributed by atoms with Crippen LogP contribution in [0, 0.1) is 6.92 Å². The molecule has 94 valence electrons. The van der Waals surface area contributed by atoms with Gasteiger partial charge in [0.05, 0.1) is 5.69 Å². The highest BCUT2D eigenvalue weighted by Crippen LogP contribution is 2.18. The SMILES string of the molecule is CCN1CCC[C@H]1COC(=O)c1snnc1C. The topological polar surface area (TPSA) is 55.3 Å². The molecule has 5 nitrogen and oxygen atoms in total. The maximum absolute atomic E-state index is 11.8. The van der Waals surface area contributed by atoms with Gasteiger partial charge >= 0.3 is 5.97 Å². The number of hydrogen-bond donors (Lipinski definition) is 0. The molecule has 0 saturated carbocycles. The van der Waals surface area contributed by atoms with Gasteiger partial charge in [-0.15, -0.1) is 5.10 Å². The number of esters is 1. The van der Waals surface area contributed by atoms with Gasteiger partial charge in [0.2, 0.25) is 0 Å². The third-order valence-electron chi connectivity index (χ3n) is 3.15. The van der Waals surface area contributed by atoms with Gasteiger partial charge in [-0.05, 0) is 44.4 Å². The first kappa shape index (κ1) is 12.4. The Labute approximate surface area is 105 Å². The fourth-order valence-corrected chi connectivity index (χ4v) is 2.71. The van der Waals surface area contributed by atoms with Gasteiger partial charge in [0.15, 0.2) is 4.88 Å². The predicted octanol–water partition coefficient (Wildman–Crippen LogP) is 1.49. The van der Waals surface area contributed by atoms with Gasteiger partial charge in [-0.3, -0.25) is 4.90 Å². The molecule has 1 aliphatic heterocycles. The molecule has 0 aliphatic carbocycles. The molecule has 0 N–H and O–H groups in total. The fourth-order valence-electron chi connectivity index (χ4n) is 2.16. The number of carbonyl (C=O) groups is 1. The largest absolute Gasteiger partial charge is 0.460 e. The summed E-state index contributed by atoms with van der Waals surface area (Å²) < 4.78 is 9.07. The van der Waals surface area contributed by atoms with E-state index in [0.717, 1.165) is 31.0 Å². The van der Waals surface area contributed by atoms with Crippen molar-refractivity contribution >= 4 is 17.5 Å². The Morgan fingerprint density at radius 1 is 1.65 bits per heavy atom. The van der Waals surface area contributed by atoms with Gasteiger partial charge in [0.1, 0.15) is 6.61 Å². The van der Waals surface area contributed by atoms with Crippen molar-refractivity contribution in [2.24, 2.45) is 0 Å². The first-order chi connectivity index (χ1) is 8.22. The highest BCUT2D eigenvalue weighted by Gasteiger charge is 2.25. The number of rotatable bonds is 4. The van der Waals surface area contributed by atoms with Gasteiger partial charge in [-0.2, -0.15) is 0 Å². The van der Waals surface area contributed by atoms with Crippen LogP contribution >= 0.6 is 11.5 Å². The van der Waals surface area contributed by atoms with E-state index < -0.39 is 0 Å². The second-order valence-electron chi connectivity index (χ2n) is 4.21. The Bertz CT molecular complexity index is 394. The van der Waals surface area contributed by atoms with E-state index in [0.29, 0.717) is 23.2 Å². The summed E-state index contributed by atoms with van der Waals surface area (Å²) >= 11 is 1.10. The standard InChI is InChI=1S/C11H17N3O2S/c1-3-14-6-4-5-9(14)7-16-11(15)10-8(2)12-13-17-10/h9H,3-7H2,1-2H3/t9-/m0/s1. The molecule has 0 aromatic carbocycles. The Balaban J connectivity index is 1.86. The van der Waals surface area contributed by atoms with Crippen LogP contribution < -0.4 is 0 Å². The number of aromatic nitrogens is 2. The van der Waals surface area contributed by atoms with Crippen LogP contribution in [0.3, 0.4) is 0 Å². The molecule has 0 spiro atoms. The Hall–Kier alpha value is -1.01. The molecule has 1 saturated heterocycles. The maximum atomic E-state index is 11.8. The zero-order chi connectivity index (χ0) is 12.3. The van der Waals surface area contributed by atoms with E-state index in [9.17, 15) is 4.79 Å². The van der Waals surface area contributed by atoms with Crippen LogP contribution in [0.1, 0.15) is 35.1 Å². The molecule has 0 amide bonds. The first-order valence-corrected chi connectivity index (χ1v) is 6.69. The third kappa shape index (κ3) is 2.81. The van der Waals surface area contributed by atoms with Crippen molar-refractivity contribution in [1.29, 1.82) is 0 Å². The van der Waals surface area contributed by atoms with Crippen LogP contribution in [0.15, 0.2) is 0 Å². The number of likely N-dealkylation sites (N-methyl/N-ethyl adjacent to an activating group) is 1. The number of nitrogens with zero attached hydrogens (tertiary/aromatic N) is 3. The molecular weight excluding hydrogens is 238 g/mol. The predicted molar refractivity (Wildman–Crippen MR) is 65.2 cm³/mol. The quantitative estimate of drug-likeness (QED) is 0.763. The minimum absolute atomic E-state index is 0.291. The number of aryl methyl sites for hydroxylation is 1. The van der Waals surface area contributed by atoms with Crippen LogP contribution in [0.25, 0.3) is 0 Å². The molecule has 1 aromatic rings. The smallest absolute Gasteiger partial charge is 0.351 e. The minimum Gasteiger partial charge on any atom is -0.460 e. The minimum atomic E-state index is -0.291. The molecule has 0 radical (unpaired) electrons. The van der Waals surface area contributed by atoms with Crippen molar-refractivity contribution in [3.63, 3.8) is 0 Å². The van der Waals surface area contributed by atoms with Gasteiger partial charge in [-0.1, -0.05) is 11.4 Å². The van der Waals surface area contributed by atoms with Crippen LogP contribution in [0.2, 0.25) is 0 Å². The van der Waals surface area contributed by atoms with Gasteiger partial charge in [0, 0.05) is 6.04 Å². The third-order valence-corrected chi connectivity index (χ3v) is 3.96. The van der Waals surface area contributed by atoms with E-state index in [1.807, 2.05) is 0 Å². The first-order valence-electron chi connectivity index (χ1n) is 5.92. The molecule has 0 unspecified atom stereocenters. The van der Waals surface area contributed by atoms with Crippen molar-refractivity contribution < 1.29 is 9.53 Å². The highest BCUT2D eigenvalue weighted by molar-refractivity contribution is 7.07. The van der Waals surface area contributed by atoms with Crippen molar-refractivity contribution in [2.45, 2.75) is 32.7 Å². The lowest BCUT2D eigenvalue weighted by Gasteiger charge is -2.21.